The average Bonchev–Trinajstić information content (AvgIpc) is 1.95. The molecule has 1 rings (SSSR count). The van der Waals surface area contributed by atoms with E-state index in [0.717, 1.165) is 6.61 Å². The zero-order chi connectivity index (χ0) is 7.56. The van der Waals surface area contributed by atoms with Crippen molar-refractivity contribution in [1.82, 2.24) is 4.90 Å². The minimum Gasteiger partial charge on any atom is -0.395 e. The molecule has 3 heteroatoms. The fourth-order valence-electron chi connectivity index (χ4n) is 1.15. The third-order valence-electron chi connectivity index (χ3n) is 2.15. The van der Waals surface area contributed by atoms with Crippen LogP contribution in [0.15, 0.2) is 0 Å². The minimum atomic E-state index is 0.195. The van der Waals surface area contributed by atoms with E-state index in [4.69, 9.17) is 9.84 Å². The monoisotopic (exact) mass is 145 g/mol. The lowest BCUT2D eigenvalue weighted by Crippen LogP contribution is -2.50. The number of nitrogens with zero attached hydrogens (tertiary/aromatic N) is 1. The first-order valence-corrected chi connectivity index (χ1v) is 3.66. The zero-order valence-corrected chi connectivity index (χ0v) is 6.58. The lowest BCUT2D eigenvalue weighted by atomic mass is 10.2. The third kappa shape index (κ3) is 1.48. The molecule has 1 N–H and O–H groups in total. The van der Waals surface area contributed by atoms with E-state index in [9.17, 15) is 0 Å². The molecule has 1 saturated heterocycles. The van der Waals surface area contributed by atoms with Gasteiger partial charge in [-0.3, -0.25) is 4.90 Å². The number of rotatable bonds is 1. The summed E-state index contributed by atoms with van der Waals surface area (Å²) in [6.45, 7) is 3.74. The summed E-state index contributed by atoms with van der Waals surface area (Å²) >= 11 is 0. The van der Waals surface area contributed by atoms with Gasteiger partial charge in [0.05, 0.1) is 25.9 Å². The van der Waals surface area contributed by atoms with Crippen LogP contribution in [0.2, 0.25) is 0 Å². The number of likely N-dealkylation sites (N-methyl/N-ethyl adjacent to an activating group) is 1. The van der Waals surface area contributed by atoms with Gasteiger partial charge < -0.3 is 9.84 Å². The lowest BCUT2D eigenvalue weighted by Gasteiger charge is -2.36. The number of aliphatic hydroxyl groups excluding tert-OH is 1. The van der Waals surface area contributed by atoms with E-state index >= 15 is 0 Å². The van der Waals surface area contributed by atoms with Gasteiger partial charge in [-0.15, -0.1) is 0 Å². The van der Waals surface area contributed by atoms with Crippen molar-refractivity contribution in [1.29, 1.82) is 0 Å². The van der Waals surface area contributed by atoms with E-state index in [0.29, 0.717) is 12.6 Å². The Hall–Kier alpha value is -0.120. The Morgan fingerprint density at radius 2 is 2.30 bits per heavy atom. The smallest absolute Gasteiger partial charge is 0.0645 e. The molecule has 0 radical (unpaired) electrons. The first-order chi connectivity index (χ1) is 4.75. The van der Waals surface area contributed by atoms with Crippen LogP contribution in [0.3, 0.4) is 0 Å². The molecular weight excluding hydrogens is 130 g/mol. The first kappa shape index (κ1) is 7.98. The highest BCUT2D eigenvalue weighted by molar-refractivity contribution is 4.76. The Kier molecular flexibility index (Phi) is 2.65. The summed E-state index contributed by atoms with van der Waals surface area (Å²) in [5.41, 5.74) is 0. The van der Waals surface area contributed by atoms with Gasteiger partial charge in [-0.1, -0.05) is 0 Å². The van der Waals surface area contributed by atoms with Gasteiger partial charge in [0, 0.05) is 6.04 Å². The molecule has 0 spiro atoms. The molecule has 3 nitrogen and oxygen atoms in total. The molecule has 0 aliphatic carbocycles. The summed E-state index contributed by atoms with van der Waals surface area (Å²) in [5, 5.41) is 8.86. The highest BCUT2D eigenvalue weighted by atomic mass is 16.5. The van der Waals surface area contributed by atoms with E-state index < -0.39 is 0 Å². The largest absolute Gasteiger partial charge is 0.395 e. The van der Waals surface area contributed by atoms with Crippen molar-refractivity contribution in [2.45, 2.75) is 19.0 Å². The summed E-state index contributed by atoms with van der Waals surface area (Å²) in [4.78, 5) is 2.16. The Balaban J connectivity index is 2.42. The van der Waals surface area contributed by atoms with E-state index in [1.807, 2.05) is 7.05 Å². The molecule has 0 bridgehead atoms. The van der Waals surface area contributed by atoms with Crippen LogP contribution in [0, 0.1) is 0 Å². The number of hydrogen-bond acceptors (Lipinski definition) is 3. The van der Waals surface area contributed by atoms with Gasteiger partial charge in [-0.25, -0.2) is 0 Å². The molecule has 1 fully saturated rings. The van der Waals surface area contributed by atoms with Crippen LogP contribution in [0.25, 0.3) is 0 Å². The summed E-state index contributed by atoms with van der Waals surface area (Å²) in [6.07, 6.45) is 0. The maximum Gasteiger partial charge on any atom is 0.0645 e. The van der Waals surface area contributed by atoms with Gasteiger partial charge in [-0.05, 0) is 14.0 Å². The Labute approximate surface area is 61.6 Å². The SMILES string of the molecule is C[C@@H]1COC[C@@H](CO)N1C. The predicted molar refractivity (Wildman–Crippen MR) is 38.9 cm³/mol. The molecule has 1 aliphatic rings. The lowest BCUT2D eigenvalue weighted by molar-refractivity contribution is -0.0465. The number of hydrogen-bond donors (Lipinski definition) is 1. The van der Waals surface area contributed by atoms with Gasteiger partial charge in [-0.2, -0.15) is 0 Å². The molecule has 2 atom stereocenters. The van der Waals surface area contributed by atoms with E-state index in [1.54, 1.807) is 0 Å². The van der Waals surface area contributed by atoms with Crippen molar-refractivity contribution in [3.05, 3.63) is 0 Å². The number of aliphatic hydroxyl groups is 1. The van der Waals surface area contributed by atoms with Crippen LogP contribution < -0.4 is 0 Å². The molecule has 1 heterocycles. The maximum atomic E-state index is 8.86. The minimum absolute atomic E-state index is 0.195. The Morgan fingerprint density at radius 1 is 1.60 bits per heavy atom. The quantitative estimate of drug-likeness (QED) is 0.550. The highest BCUT2D eigenvalue weighted by Crippen LogP contribution is 2.09. The normalized spacial score (nSPS) is 36.3. The van der Waals surface area contributed by atoms with Crippen molar-refractivity contribution in [3.8, 4) is 0 Å². The second-order valence-corrected chi connectivity index (χ2v) is 2.89. The van der Waals surface area contributed by atoms with Crippen LogP contribution in [0.4, 0.5) is 0 Å². The van der Waals surface area contributed by atoms with Crippen LogP contribution in [-0.4, -0.2) is 49.0 Å². The molecular formula is C7H15NO2. The third-order valence-corrected chi connectivity index (χ3v) is 2.15. The van der Waals surface area contributed by atoms with E-state index in [2.05, 4.69) is 11.8 Å². The molecule has 1 aliphatic heterocycles. The van der Waals surface area contributed by atoms with Gasteiger partial charge in [0.15, 0.2) is 0 Å². The van der Waals surface area contributed by atoms with Crippen LogP contribution in [-0.2, 0) is 4.74 Å². The molecule has 0 unspecified atom stereocenters. The molecule has 0 aromatic carbocycles. The average molecular weight is 145 g/mol. The Bertz CT molecular complexity index is 108. The molecule has 60 valence electrons. The zero-order valence-electron chi connectivity index (χ0n) is 6.58. The molecule has 10 heavy (non-hydrogen) atoms. The molecule has 0 amide bonds. The summed E-state index contributed by atoms with van der Waals surface area (Å²) < 4.78 is 5.25. The standard InChI is InChI=1S/C7H15NO2/c1-6-4-10-5-7(3-9)8(6)2/h6-7,9H,3-5H2,1-2H3/t6-,7-/m1/s1. The fourth-order valence-corrected chi connectivity index (χ4v) is 1.15. The molecule has 0 aromatic rings. The van der Waals surface area contributed by atoms with Gasteiger partial charge >= 0.3 is 0 Å². The summed E-state index contributed by atoms with van der Waals surface area (Å²) in [6, 6.07) is 0.634. The van der Waals surface area contributed by atoms with Crippen molar-refractivity contribution in [2.24, 2.45) is 0 Å². The molecule has 0 saturated carbocycles. The van der Waals surface area contributed by atoms with Crippen molar-refractivity contribution >= 4 is 0 Å². The second-order valence-electron chi connectivity index (χ2n) is 2.89. The van der Waals surface area contributed by atoms with Gasteiger partial charge in [0.1, 0.15) is 0 Å². The predicted octanol–water partition coefficient (Wildman–Crippen LogP) is -0.302. The summed E-state index contributed by atoms with van der Waals surface area (Å²) in [5.74, 6) is 0. The maximum absolute atomic E-state index is 8.86. The van der Waals surface area contributed by atoms with Crippen LogP contribution >= 0.6 is 0 Å². The van der Waals surface area contributed by atoms with E-state index in [1.165, 1.54) is 0 Å². The number of morpholine rings is 1. The molecule has 0 aromatic heterocycles. The van der Waals surface area contributed by atoms with Crippen molar-refractivity contribution in [3.63, 3.8) is 0 Å². The topological polar surface area (TPSA) is 32.7 Å². The van der Waals surface area contributed by atoms with Crippen LogP contribution in [0.5, 0.6) is 0 Å². The van der Waals surface area contributed by atoms with E-state index in [-0.39, 0.29) is 12.6 Å². The Morgan fingerprint density at radius 3 is 2.80 bits per heavy atom. The van der Waals surface area contributed by atoms with Gasteiger partial charge in [0.25, 0.3) is 0 Å². The number of ether oxygens (including phenoxy) is 1. The van der Waals surface area contributed by atoms with Crippen LogP contribution in [0.1, 0.15) is 6.92 Å². The summed E-state index contributed by atoms with van der Waals surface area (Å²) in [7, 11) is 2.02. The highest BCUT2D eigenvalue weighted by Gasteiger charge is 2.23. The van der Waals surface area contributed by atoms with Gasteiger partial charge in [0.2, 0.25) is 0 Å². The first-order valence-electron chi connectivity index (χ1n) is 3.66. The fraction of sp³-hybridized carbons (Fsp3) is 1.00. The second kappa shape index (κ2) is 3.32. The van der Waals surface area contributed by atoms with Crippen molar-refractivity contribution in [2.75, 3.05) is 26.9 Å². The van der Waals surface area contributed by atoms with Crippen molar-refractivity contribution < 1.29 is 9.84 Å².